The van der Waals surface area contributed by atoms with Crippen molar-refractivity contribution in [1.82, 2.24) is 9.97 Å². The molecule has 1 N–H and O–H groups in total. The summed E-state index contributed by atoms with van der Waals surface area (Å²) in [6.45, 7) is 8.38. The molecular weight excluding hydrogens is 296 g/mol. The van der Waals surface area contributed by atoms with E-state index in [-0.39, 0.29) is 0 Å². The van der Waals surface area contributed by atoms with Crippen LogP contribution in [0.5, 0.6) is 0 Å². The zero-order chi connectivity index (χ0) is 15.9. The van der Waals surface area contributed by atoms with Crippen molar-refractivity contribution in [1.29, 1.82) is 0 Å². The SMILES string of the molecule is CCCN(CCC)c1ccnc(Nc2ccc(Cl)cc2C)n1. The molecule has 4 nitrogen and oxygen atoms in total. The molecule has 2 rings (SSSR count). The van der Waals surface area contributed by atoms with Gasteiger partial charge in [-0.1, -0.05) is 25.4 Å². The molecule has 1 heterocycles. The summed E-state index contributed by atoms with van der Waals surface area (Å²) in [7, 11) is 0. The number of aromatic nitrogens is 2. The Labute approximate surface area is 137 Å². The van der Waals surface area contributed by atoms with E-state index < -0.39 is 0 Å². The molecule has 0 fully saturated rings. The molecule has 0 bridgehead atoms. The van der Waals surface area contributed by atoms with Crippen LogP contribution in [-0.4, -0.2) is 23.1 Å². The number of halogens is 1. The van der Waals surface area contributed by atoms with Gasteiger partial charge < -0.3 is 10.2 Å². The fourth-order valence-electron chi connectivity index (χ4n) is 2.35. The van der Waals surface area contributed by atoms with Crippen molar-refractivity contribution in [2.24, 2.45) is 0 Å². The van der Waals surface area contributed by atoms with Crippen molar-refractivity contribution in [3.63, 3.8) is 0 Å². The maximum Gasteiger partial charge on any atom is 0.229 e. The number of benzene rings is 1. The van der Waals surface area contributed by atoms with Crippen molar-refractivity contribution >= 4 is 29.1 Å². The predicted molar refractivity (Wildman–Crippen MR) is 94.3 cm³/mol. The molecule has 0 atom stereocenters. The number of nitrogens with zero attached hydrogens (tertiary/aromatic N) is 3. The molecule has 0 spiro atoms. The Morgan fingerprint density at radius 1 is 1.14 bits per heavy atom. The summed E-state index contributed by atoms with van der Waals surface area (Å²) in [5.41, 5.74) is 2.04. The van der Waals surface area contributed by atoms with Crippen LogP contribution in [0.2, 0.25) is 5.02 Å². The Bertz CT molecular complexity index is 609. The van der Waals surface area contributed by atoms with Crippen LogP contribution < -0.4 is 10.2 Å². The highest BCUT2D eigenvalue weighted by Gasteiger charge is 2.08. The van der Waals surface area contributed by atoms with Crippen LogP contribution >= 0.6 is 11.6 Å². The lowest BCUT2D eigenvalue weighted by molar-refractivity contribution is 0.733. The maximum atomic E-state index is 5.99. The molecule has 118 valence electrons. The lowest BCUT2D eigenvalue weighted by Gasteiger charge is -2.22. The average Bonchev–Trinajstić information content (AvgIpc) is 2.50. The Kier molecular flexibility index (Phi) is 6.01. The van der Waals surface area contributed by atoms with Gasteiger partial charge in [0.05, 0.1) is 0 Å². The molecule has 0 amide bonds. The lowest BCUT2D eigenvalue weighted by Crippen LogP contribution is -2.26. The number of hydrogen-bond donors (Lipinski definition) is 1. The maximum absolute atomic E-state index is 5.99. The zero-order valence-corrected chi connectivity index (χ0v) is 14.2. The molecule has 2 aromatic rings. The predicted octanol–water partition coefficient (Wildman–Crippen LogP) is 4.81. The van der Waals surface area contributed by atoms with E-state index in [4.69, 9.17) is 11.6 Å². The minimum atomic E-state index is 0.611. The van der Waals surface area contributed by atoms with E-state index in [0.717, 1.165) is 48.0 Å². The van der Waals surface area contributed by atoms with E-state index >= 15 is 0 Å². The van der Waals surface area contributed by atoms with E-state index in [0.29, 0.717) is 5.95 Å². The third-order valence-corrected chi connectivity index (χ3v) is 3.62. The summed E-state index contributed by atoms with van der Waals surface area (Å²) < 4.78 is 0. The third-order valence-electron chi connectivity index (χ3n) is 3.39. The summed E-state index contributed by atoms with van der Waals surface area (Å²) in [4.78, 5) is 11.3. The number of hydrogen-bond acceptors (Lipinski definition) is 4. The van der Waals surface area contributed by atoms with E-state index in [1.165, 1.54) is 0 Å². The highest BCUT2D eigenvalue weighted by atomic mass is 35.5. The second kappa shape index (κ2) is 7.99. The number of anilines is 3. The minimum absolute atomic E-state index is 0.611. The molecule has 0 radical (unpaired) electrons. The van der Waals surface area contributed by atoms with Gasteiger partial charge >= 0.3 is 0 Å². The van der Waals surface area contributed by atoms with Crippen LogP contribution in [-0.2, 0) is 0 Å². The monoisotopic (exact) mass is 318 g/mol. The Morgan fingerprint density at radius 3 is 2.50 bits per heavy atom. The van der Waals surface area contributed by atoms with E-state index in [2.05, 4.69) is 34.0 Å². The standard InChI is InChI=1S/C17H23ClN4/c1-4-10-22(11-5-2)16-8-9-19-17(21-16)20-15-7-6-14(18)12-13(15)3/h6-9,12H,4-5,10-11H2,1-3H3,(H,19,20,21). The van der Waals surface area contributed by atoms with Gasteiger partial charge in [0, 0.05) is 30.0 Å². The first-order valence-electron chi connectivity index (χ1n) is 7.75. The molecule has 0 aliphatic carbocycles. The summed E-state index contributed by atoms with van der Waals surface area (Å²) in [5.74, 6) is 1.58. The Morgan fingerprint density at radius 2 is 1.86 bits per heavy atom. The fourth-order valence-corrected chi connectivity index (χ4v) is 2.58. The van der Waals surface area contributed by atoms with Gasteiger partial charge in [-0.05, 0) is 49.6 Å². The van der Waals surface area contributed by atoms with Gasteiger partial charge in [0.15, 0.2) is 0 Å². The topological polar surface area (TPSA) is 41.1 Å². The molecule has 22 heavy (non-hydrogen) atoms. The minimum Gasteiger partial charge on any atom is -0.356 e. The average molecular weight is 319 g/mol. The first-order valence-corrected chi connectivity index (χ1v) is 8.13. The molecule has 1 aromatic heterocycles. The first kappa shape index (κ1) is 16.6. The quantitative estimate of drug-likeness (QED) is 0.795. The van der Waals surface area contributed by atoms with Crippen molar-refractivity contribution in [2.75, 3.05) is 23.3 Å². The summed E-state index contributed by atoms with van der Waals surface area (Å²) in [5, 5.41) is 4.00. The highest BCUT2D eigenvalue weighted by molar-refractivity contribution is 6.30. The van der Waals surface area contributed by atoms with Gasteiger partial charge in [-0.25, -0.2) is 4.98 Å². The van der Waals surface area contributed by atoms with Crippen LogP contribution in [0.15, 0.2) is 30.5 Å². The Hall–Kier alpha value is -1.81. The van der Waals surface area contributed by atoms with Crippen molar-refractivity contribution in [3.05, 3.63) is 41.0 Å². The summed E-state index contributed by atoms with van der Waals surface area (Å²) in [6.07, 6.45) is 4.00. The van der Waals surface area contributed by atoms with Crippen LogP contribution in [0.1, 0.15) is 32.3 Å². The summed E-state index contributed by atoms with van der Waals surface area (Å²) >= 11 is 5.99. The molecule has 5 heteroatoms. The van der Waals surface area contributed by atoms with Gasteiger partial charge in [-0.3, -0.25) is 0 Å². The van der Waals surface area contributed by atoms with Crippen LogP contribution in [0.4, 0.5) is 17.5 Å². The molecule has 0 saturated heterocycles. The second-order valence-corrected chi connectivity index (χ2v) is 5.75. The molecule has 1 aromatic carbocycles. The largest absolute Gasteiger partial charge is 0.356 e. The molecule has 0 aliphatic heterocycles. The third kappa shape index (κ3) is 4.34. The smallest absolute Gasteiger partial charge is 0.229 e. The van der Waals surface area contributed by atoms with Gasteiger partial charge in [0.25, 0.3) is 0 Å². The number of aryl methyl sites for hydroxylation is 1. The summed E-state index contributed by atoms with van der Waals surface area (Å²) in [6, 6.07) is 7.70. The van der Waals surface area contributed by atoms with Gasteiger partial charge in [0.2, 0.25) is 5.95 Å². The lowest BCUT2D eigenvalue weighted by atomic mass is 10.2. The van der Waals surface area contributed by atoms with Gasteiger partial charge in [-0.15, -0.1) is 0 Å². The fraction of sp³-hybridized carbons (Fsp3) is 0.412. The molecule has 0 saturated carbocycles. The second-order valence-electron chi connectivity index (χ2n) is 5.31. The van der Waals surface area contributed by atoms with Crippen LogP contribution in [0.3, 0.4) is 0 Å². The normalized spacial score (nSPS) is 10.5. The van der Waals surface area contributed by atoms with E-state index in [1.54, 1.807) is 6.20 Å². The molecular formula is C17H23ClN4. The van der Waals surface area contributed by atoms with Crippen LogP contribution in [0.25, 0.3) is 0 Å². The van der Waals surface area contributed by atoms with Gasteiger partial charge in [0.1, 0.15) is 5.82 Å². The van der Waals surface area contributed by atoms with Gasteiger partial charge in [-0.2, -0.15) is 4.98 Å². The van der Waals surface area contributed by atoms with Crippen molar-refractivity contribution < 1.29 is 0 Å². The van der Waals surface area contributed by atoms with E-state index in [9.17, 15) is 0 Å². The molecule has 0 unspecified atom stereocenters. The number of rotatable bonds is 7. The van der Waals surface area contributed by atoms with Crippen molar-refractivity contribution in [3.8, 4) is 0 Å². The van der Waals surface area contributed by atoms with Crippen molar-refractivity contribution in [2.45, 2.75) is 33.6 Å². The number of nitrogens with one attached hydrogen (secondary N) is 1. The Balaban J connectivity index is 2.20. The molecule has 0 aliphatic rings. The van der Waals surface area contributed by atoms with E-state index in [1.807, 2.05) is 31.2 Å². The highest BCUT2D eigenvalue weighted by Crippen LogP contribution is 2.23. The first-order chi connectivity index (χ1) is 10.6. The van der Waals surface area contributed by atoms with Crippen LogP contribution in [0, 0.1) is 6.92 Å². The zero-order valence-electron chi connectivity index (χ0n) is 13.4.